The predicted molar refractivity (Wildman–Crippen MR) is 61.5 cm³/mol. The van der Waals surface area contributed by atoms with Gasteiger partial charge in [0.25, 0.3) is 0 Å². The number of nitrogens with one attached hydrogen (secondary N) is 3. The van der Waals surface area contributed by atoms with Gasteiger partial charge in [0.2, 0.25) is 5.91 Å². The van der Waals surface area contributed by atoms with Crippen molar-refractivity contribution in [1.82, 2.24) is 16.0 Å². The number of amides is 3. The van der Waals surface area contributed by atoms with Gasteiger partial charge in [0.15, 0.2) is 0 Å². The minimum Gasteiger partial charge on any atom is -0.480 e. The zero-order chi connectivity index (χ0) is 13.3. The van der Waals surface area contributed by atoms with Crippen LogP contribution in [-0.2, 0) is 9.59 Å². The average Bonchev–Trinajstić information content (AvgIpc) is 2.26. The van der Waals surface area contributed by atoms with Crippen LogP contribution < -0.4 is 16.0 Å². The van der Waals surface area contributed by atoms with Crippen molar-refractivity contribution in [3.8, 4) is 0 Å². The molecule has 3 amide bonds. The maximum absolute atomic E-state index is 11.1. The van der Waals surface area contributed by atoms with Crippen LogP contribution in [0.1, 0.15) is 26.7 Å². The van der Waals surface area contributed by atoms with Gasteiger partial charge in [0.05, 0.1) is 0 Å². The second kappa shape index (κ2) is 8.37. The first-order valence-electron chi connectivity index (χ1n) is 5.51. The lowest BCUT2D eigenvalue weighted by Crippen LogP contribution is -2.45. The monoisotopic (exact) mass is 245 g/mol. The van der Waals surface area contributed by atoms with Gasteiger partial charge in [-0.25, -0.2) is 4.79 Å². The fraction of sp³-hybridized carbons (Fsp3) is 0.700. The van der Waals surface area contributed by atoms with Crippen LogP contribution >= 0.6 is 0 Å². The Balaban J connectivity index is 3.64. The van der Waals surface area contributed by atoms with E-state index < -0.39 is 18.0 Å². The summed E-state index contributed by atoms with van der Waals surface area (Å²) < 4.78 is 0. The minimum atomic E-state index is -1.11. The van der Waals surface area contributed by atoms with Crippen molar-refractivity contribution in [2.24, 2.45) is 0 Å². The van der Waals surface area contributed by atoms with Crippen LogP contribution in [0.5, 0.6) is 0 Å². The molecule has 0 radical (unpaired) electrons. The third kappa shape index (κ3) is 8.06. The van der Waals surface area contributed by atoms with Crippen molar-refractivity contribution in [3.05, 3.63) is 0 Å². The van der Waals surface area contributed by atoms with Crippen LogP contribution in [0.25, 0.3) is 0 Å². The van der Waals surface area contributed by atoms with Crippen molar-refractivity contribution < 1.29 is 19.5 Å². The number of carboxylic acid groups (broad SMARTS) is 1. The van der Waals surface area contributed by atoms with E-state index in [1.54, 1.807) is 0 Å². The molecule has 1 atom stereocenters. The molecular formula is C10H19N3O4. The molecule has 1 unspecified atom stereocenters. The van der Waals surface area contributed by atoms with E-state index in [1.807, 2.05) is 6.92 Å². The number of hydrogen-bond acceptors (Lipinski definition) is 3. The molecule has 17 heavy (non-hydrogen) atoms. The van der Waals surface area contributed by atoms with Crippen molar-refractivity contribution in [3.63, 3.8) is 0 Å². The Hall–Kier alpha value is -1.79. The molecule has 0 aliphatic rings. The van der Waals surface area contributed by atoms with Gasteiger partial charge in [-0.15, -0.1) is 0 Å². The van der Waals surface area contributed by atoms with Crippen molar-refractivity contribution in [2.75, 3.05) is 13.1 Å². The van der Waals surface area contributed by atoms with E-state index in [9.17, 15) is 14.4 Å². The molecule has 0 aromatic rings. The molecule has 0 aromatic carbocycles. The van der Waals surface area contributed by atoms with E-state index in [0.29, 0.717) is 6.54 Å². The summed E-state index contributed by atoms with van der Waals surface area (Å²) in [6.45, 7) is 4.09. The van der Waals surface area contributed by atoms with Crippen LogP contribution in [0, 0.1) is 0 Å². The van der Waals surface area contributed by atoms with E-state index in [4.69, 9.17) is 5.11 Å². The highest BCUT2D eigenvalue weighted by molar-refractivity contribution is 5.82. The Morgan fingerprint density at radius 2 is 1.82 bits per heavy atom. The largest absolute Gasteiger partial charge is 0.480 e. The van der Waals surface area contributed by atoms with Crippen LogP contribution in [0.2, 0.25) is 0 Å². The second-order valence-electron chi connectivity index (χ2n) is 3.56. The first-order chi connectivity index (χ1) is 7.97. The van der Waals surface area contributed by atoms with E-state index in [0.717, 1.165) is 6.42 Å². The minimum absolute atomic E-state index is 0.140. The van der Waals surface area contributed by atoms with E-state index >= 15 is 0 Å². The Morgan fingerprint density at radius 3 is 2.35 bits per heavy atom. The van der Waals surface area contributed by atoms with Gasteiger partial charge in [0.1, 0.15) is 6.04 Å². The SMILES string of the molecule is CCCNC(=O)CCNC(=O)NC(C)C(=O)O. The standard InChI is InChI=1S/C10H19N3O4/c1-3-5-11-8(14)4-6-12-10(17)13-7(2)9(15)16/h7H,3-6H2,1-2H3,(H,11,14)(H,15,16)(H2,12,13,17). The fourth-order valence-electron chi connectivity index (χ4n) is 0.952. The first-order valence-corrected chi connectivity index (χ1v) is 5.51. The first kappa shape index (κ1) is 15.2. The summed E-state index contributed by atoms with van der Waals surface area (Å²) in [5.74, 6) is -1.25. The van der Waals surface area contributed by atoms with E-state index in [2.05, 4.69) is 16.0 Å². The highest BCUT2D eigenvalue weighted by Gasteiger charge is 2.13. The van der Waals surface area contributed by atoms with Crippen LogP contribution in [0.4, 0.5) is 4.79 Å². The van der Waals surface area contributed by atoms with Gasteiger partial charge in [-0.3, -0.25) is 9.59 Å². The van der Waals surface area contributed by atoms with Crippen molar-refractivity contribution >= 4 is 17.9 Å². The quantitative estimate of drug-likeness (QED) is 0.492. The van der Waals surface area contributed by atoms with Crippen molar-refractivity contribution in [2.45, 2.75) is 32.7 Å². The zero-order valence-electron chi connectivity index (χ0n) is 10.1. The number of carbonyl (C=O) groups excluding carboxylic acids is 2. The molecule has 98 valence electrons. The predicted octanol–water partition coefficient (Wildman–Crippen LogP) is -0.325. The number of carbonyl (C=O) groups is 3. The summed E-state index contributed by atoms with van der Waals surface area (Å²) in [5.41, 5.74) is 0. The highest BCUT2D eigenvalue weighted by atomic mass is 16.4. The molecule has 0 aliphatic heterocycles. The van der Waals surface area contributed by atoms with Gasteiger partial charge in [-0.2, -0.15) is 0 Å². The lowest BCUT2D eigenvalue weighted by atomic mass is 10.3. The molecule has 0 fully saturated rings. The Morgan fingerprint density at radius 1 is 1.18 bits per heavy atom. The summed E-state index contributed by atoms with van der Waals surface area (Å²) >= 11 is 0. The number of urea groups is 1. The van der Waals surface area contributed by atoms with E-state index in [-0.39, 0.29) is 18.9 Å². The Kier molecular flexibility index (Phi) is 7.49. The lowest BCUT2D eigenvalue weighted by Gasteiger charge is -2.10. The zero-order valence-corrected chi connectivity index (χ0v) is 10.1. The molecule has 4 N–H and O–H groups in total. The van der Waals surface area contributed by atoms with Gasteiger partial charge in [-0.1, -0.05) is 6.92 Å². The maximum Gasteiger partial charge on any atom is 0.325 e. The van der Waals surface area contributed by atoms with Gasteiger partial charge >= 0.3 is 12.0 Å². The topological polar surface area (TPSA) is 108 Å². The number of rotatable bonds is 7. The second-order valence-corrected chi connectivity index (χ2v) is 3.56. The van der Waals surface area contributed by atoms with Gasteiger partial charge in [-0.05, 0) is 13.3 Å². The molecule has 0 saturated heterocycles. The third-order valence-corrected chi connectivity index (χ3v) is 1.93. The number of hydrogen-bond donors (Lipinski definition) is 4. The summed E-state index contributed by atoms with van der Waals surface area (Å²) in [6.07, 6.45) is 1.03. The summed E-state index contributed by atoms with van der Waals surface area (Å²) in [7, 11) is 0. The molecule has 0 aromatic heterocycles. The molecule has 7 nitrogen and oxygen atoms in total. The summed E-state index contributed by atoms with van der Waals surface area (Å²) in [5, 5.41) is 15.8. The molecule has 0 rings (SSSR count). The van der Waals surface area contributed by atoms with Gasteiger partial charge in [0, 0.05) is 19.5 Å². The maximum atomic E-state index is 11.1. The lowest BCUT2D eigenvalue weighted by molar-refractivity contribution is -0.138. The smallest absolute Gasteiger partial charge is 0.325 e. The molecular weight excluding hydrogens is 226 g/mol. The Bertz CT molecular complexity index is 281. The van der Waals surface area contributed by atoms with Crippen LogP contribution in [-0.4, -0.2) is 42.1 Å². The fourth-order valence-corrected chi connectivity index (χ4v) is 0.952. The van der Waals surface area contributed by atoms with Gasteiger partial charge < -0.3 is 21.1 Å². The average molecular weight is 245 g/mol. The highest BCUT2D eigenvalue weighted by Crippen LogP contribution is 1.82. The summed E-state index contributed by atoms with van der Waals surface area (Å²) in [6, 6.07) is -1.55. The normalized spacial score (nSPS) is 11.4. The summed E-state index contributed by atoms with van der Waals surface area (Å²) in [4.78, 5) is 32.7. The van der Waals surface area contributed by atoms with Crippen molar-refractivity contribution in [1.29, 1.82) is 0 Å². The number of aliphatic carboxylic acids is 1. The van der Waals surface area contributed by atoms with Crippen LogP contribution in [0.15, 0.2) is 0 Å². The van der Waals surface area contributed by atoms with E-state index in [1.165, 1.54) is 6.92 Å². The molecule has 0 aliphatic carbocycles. The number of carboxylic acids is 1. The molecule has 0 saturated carbocycles. The molecule has 0 heterocycles. The van der Waals surface area contributed by atoms with Crippen LogP contribution in [0.3, 0.4) is 0 Å². The molecule has 7 heteroatoms. The Labute approximate surface area is 100.0 Å². The molecule has 0 bridgehead atoms. The third-order valence-electron chi connectivity index (χ3n) is 1.93. The molecule has 0 spiro atoms.